The first-order chi connectivity index (χ1) is 10.1. The van der Waals surface area contributed by atoms with Crippen molar-refractivity contribution in [1.29, 1.82) is 0 Å². The van der Waals surface area contributed by atoms with E-state index in [1.54, 1.807) is 17.8 Å². The summed E-state index contributed by atoms with van der Waals surface area (Å²) >= 11 is 7.52. The van der Waals surface area contributed by atoms with E-state index in [2.05, 4.69) is 5.32 Å². The summed E-state index contributed by atoms with van der Waals surface area (Å²) in [7, 11) is 0. The molecule has 1 aliphatic carbocycles. The molecule has 1 amide bonds. The lowest BCUT2D eigenvalue weighted by atomic mass is 10.1. The van der Waals surface area contributed by atoms with Gasteiger partial charge in [0.2, 0.25) is 5.91 Å². The molecule has 6 heteroatoms. The summed E-state index contributed by atoms with van der Waals surface area (Å²) in [4.78, 5) is 14.3. The largest absolute Gasteiger partial charge is 0.349 e. The minimum Gasteiger partial charge on any atom is -0.349 e. The Labute approximate surface area is 131 Å². The van der Waals surface area contributed by atoms with Crippen molar-refractivity contribution in [2.75, 3.05) is 0 Å². The van der Waals surface area contributed by atoms with Crippen LogP contribution in [0.5, 0.6) is 0 Å². The van der Waals surface area contributed by atoms with Crippen LogP contribution in [0.2, 0.25) is 5.02 Å². The zero-order valence-corrected chi connectivity index (χ0v) is 12.8. The number of carbonyl (C=O) groups is 1. The van der Waals surface area contributed by atoms with Gasteiger partial charge in [-0.15, -0.1) is 11.8 Å². The smallest absolute Gasteiger partial charge is 0.243 e. The van der Waals surface area contributed by atoms with Gasteiger partial charge in [0.05, 0.1) is 0 Å². The zero-order valence-electron chi connectivity index (χ0n) is 11.2. The maximum absolute atomic E-state index is 13.6. The van der Waals surface area contributed by atoms with E-state index in [9.17, 15) is 9.18 Å². The molecule has 1 saturated carbocycles. The molecule has 3 nitrogen and oxygen atoms in total. The van der Waals surface area contributed by atoms with Crippen LogP contribution < -0.4 is 5.32 Å². The van der Waals surface area contributed by atoms with Crippen molar-refractivity contribution in [3.63, 3.8) is 0 Å². The van der Waals surface area contributed by atoms with E-state index in [-0.39, 0.29) is 28.7 Å². The van der Waals surface area contributed by atoms with Crippen molar-refractivity contribution in [3.05, 3.63) is 46.2 Å². The van der Waals surface area contributed by atoms with E-state index >= 15 is 0 Å². The van der Waals surface area contributed by atoms with Crippen LogP contribution in [-0.2, 0) is 4.79 Å². The highest BCUT2D eigenvalue weighted by Crippen LogP contribution is 2.48. The molecule has 4 rings (SSSR count). The second kappa shape index (κ2) is 4.65. The molecule has 21 heavy (non-hydrogen) atoms. The zero-order chi connectivity index (χ0) is 14.6. The van der Waals surface area contributed by atoms with Crippen molar-refractivity contribution in [3.8, 4) is 0 Å². The van der Waals surface area contributed by atoms with Crippen LogP contribution in [0.1, 0.15) is 30.2 Å². The van der Waals surface area contributed by atoms with Gasteiger partial charge in [-0.2, -0.15) is 0 Å². The van der Waals surface area contributed by atoms with Gasteiger partial charge in [-0.1, -0.05) is 11.6 Å². The third-order valence-electron chi connectivity index (χ3n) is 4.37. The van der Waals surface area contributed by atoms with Gasteiger partial charge in [-0.25, -0.2) is 4.39 Å². The second-order valence-electron chi connectivity index (χ2n) is 5.91. The molecule has 1 aromatic carbocycles. The molecule has 1 N–H and O–H groups in total. The first kappa shape index (κ1) is 13.5. The maximum atomic E-state index is 13.6. The van der Waals surface area contributed by atoms with E-state index in [1.165, 1.54) is 12.1 Å². The summed E-state index contributed by atoms with van der Waals surface area (Å²) in [5, 5.41) is 5.34. The highest BCUT2D eigenvalue weighted by molar-refractivity contribution is 8.02. The number of thioether (sulfide) groups is 1. The first-order valence-corrected chi connectivity index (χ1v) is 8.26. The monoisotopic (exact) mass is 324 g/mol. The van der Waals surface area contributed by atoms with Crippen LogP contribution in [0.25, 0.3) is 0 Å². The Morgan fingerprint density at radius 2 is 2.19 bits per heavy atom. The van der Waals surface area contributed by atoms with E-state index in [1.807, 2.05) is 16.5 Å². The van der Waals surface area contributed by atoms with Gasteiger partial charge in [0.1, 0.15) is 17.2 Å². The molecule has 1 unspecified atom stereocenters. The molecule has 2 aliphatic heterocycles. The number of hydrogen-bond donors (Lipinski definition) is 1. The SMILES string of the molecule is O=C1NC2(CC2)CC1N1C=CS[C@H]1c1cc(F)cc(Cl)c1. The summed E-state index contributed by atoms with van der Waals surface area (Å²) < 4.78 is 13.6. The summed E-state index contributed by atoms with van der Waals surface area (Å²) in [6, 6.07) is 4.38. The van der Waals surface area contributed by atoms with Crippen molar-refractivity contribution in [2.24, 2.45) is 0 Å². The Balaban J connectivity index is 1.62. The molecule has 110 valence electrons. The van der Waals surface area contributed by atoms with Gasteiger partial charge in [0.25, 0.3) is 0 Å². The average molecular weight is 325 g/mol. The van der Waals surface area contributed by atoms with E-state index in [0.29, 0.717) is 5.02 Å². The van der Waals surface area contributed by atoms with E-state index in [4.69, 9.17) is 11.6 Å². The van der Waals surface area contributed by atoms with Crippen molar-refractivity contribution < 1.29 is 9.18 Å². The molecular weight excluding hydrogens is 311 g/mol. The fourth-order valence-corrected chi connectivity index (χ4v) is 4.38. The molecule has 1 saturated heterocycles. The second-order valence-corrected chi connectivity index (χ2v) is 7.34. The molecular formula is C15H14ClFN2OS. The third-order valence-corrected chi connectivity index (χ3v) is 5.64. The van der Waals surface area contributed by atoms with Crippen LogP contribution in [0.4, 0.5) is 4.39 Å². The number of amides is 1. The van der Waals surface area contributed by atoms with Gasteiger partial charge >= 0.3 is 0 Å². The van der Waals surface area contributed by atoms with Crippen LogP contribution >= 0.6 is 23.4 Å². The molecule has 2 atom stereocenters. The van der Waals surface area contributed by atoms with Gasteiger partial charge in [-0.3, -0.25) is 4.79 Å². The van der Waals surface area contributed by atoms with Crippen LogP contribution in [-0.4, -0.2) is 22.4 Å². The van der Waals surface area contributed by atoms with Gasteiger partial charge in [-0.05, 0) is 48.4 Å². The number of nitrogens with one attached hydrogen (secondary N) is 1. The van der Waals surface area contributed by atoms with Crippen LogP contribution in [0.15, 0.2) is 29.8 Å². The van der Waals surface area contributed by atoms with Crippen LogP contribution in [0.3, 0.4) is 0 Å². The highest BCUT2D eigenvalue weighted by Gasteiger charge is 2.54. The summed E-state index contributed by atoms with van der Waals surface area (Å²) in [5.74, 6) is -0.272. The summed E-state index contributed by atoms with van der Waals surface area (Å²) in [5.41, 5.74) is 0.826. The predicted octanol–water partition coefficient (Wildman–Crippen LogP) is 3.42. The highest BCUT2D eigenvalue weighted by atomic mass is 35.5. The van der Waals surface area contributed by atoms with Gasteiger partial charge < -0.3 is 10.2 Å². The molecule has 2 heterocycles. The average Bonchev–Trinajstić information content (AvgIpc) is 2.86. The van der Waals surface area contributed by atoms with Crippen molar-refractivity contribution in [2.45, 2.75) is 36.2 Å². The molecule has 1 aromatic rings. The Kier molecular flexibility index (Phi) is 2.98. The summed E-state index contributed by atoms with van der Waals surface area (Å²) in [6.45, 7) is 0. The number of nitrogens with zero attached hydrogens (tertiary/aromatic N) is 1. The van der Waals surface area contributed by atoms with Crippen molar-refractivity contribution >= 4 is 29.3 Å². The predicted molar refractivity (Wildman–Crippen MR) is 81.2 cm³/mol. The van der Waals surface area contributed by atoms with E-state index < -0.39 is 0 Å². The molecule has 0 bridgehead atoms. The minimum atomic E-state index is -0.348. The molecule has 1 spiro atoms. The Bertz CT molecular complexity index is 626. The number of benzene rings is 1. The fourth-order valence-electron chi connectivity index (χ4n) is 3.14. The fraction of sp³-hybridized carbons (Fsp3) is 0.400. The number of hydrogen-bond acceptors (Lipinski definition) is 3. The van der Waals surface area contributed by atoms with Crippen molar-refractivity contribution in [1.82, 2.24) is 10.2 Å². The number of rotatable bonds is 2. The number of halogens is 2. The minimum absolute atomic E-state index is 0.0347. The first-order valence-electron chi connectivity index (χ1n) is 6.94. The lowest BCUT2D eigenvalue weighted by Gasteiger charge is -2.29. The quantitative estimate of drug-likeness (QED) is 0.904. The Morgan fingerprint density at radius 1 is 1.38 bits per heavy atom. The standard InChI is InChI=1S/C15H14ClFN2OS/c16-10-5-9(6-11(17)7-10)14-19(3-4-21-14)12-8-15(1-2-15)18-13(12)20/h3-7,12,14H,1-2,8H2,(H,18,20)/t12?,14-/m0/s1. The topological polar surface area (TPSA) is 32.3 Å². The third kappa shape index (κ3) is 2.32. The Morgan fingerprint density at radius 3 is 2.86 bits per heavy atom. The van der Waals surface area contributed by atoms with Gasteiger partial charge in [0, 0.05) is 16.8 Å². The van der Waals surface area contributed by atoms with Crippen LogP contribution in [0, 0.1) is 5.82 Å². The lowest BCUT2D eigenvalue weighted by Crippen LogP contribution is -2.37. The molecule has 3 aliphatic rings. The number of carbonyl (C=O) groups excluding carboxylic acids is 1. The molecule has 2 fully saturated rings. The Hall–Kier alpha value is -1.20. The summed E-state index contributed by atoms with van der Waals surface area (Å²) in [6.07, 6.45) is 4.89. The van der Waals surface area contributed by atoms with Gasteiger partial charge in [0.15, 0.2) is 0 Å². The maximum Gasteiger partial charge on any atom is 0.243 e. The lowest BCUT2D eigenvalue weighted by molar-refractivity contribution is -0.123. The normalized spacial score (nSPS) is 29.2. The molecule has 0 aromatic heterocycles. The van der Waals surface area contributed by atoms with E-state index in [0.717, 1.165) is 24.8 Å². The molecule has 0 radical (unpaired) electrons.